The van der Waals surface area contributed by atoms with Crippen molar-refractivity contribution in [2.45, 2.75) is 19.9 Å². The maximum absolute atomic E-state index is 4.28. The van der Waals surface area contributed by atoms with Gasteiger partial charge in [-0.2, -0.15) is 5.10 Å². The van der Waals surface area contributed by atoms with Gasteiger partial charge in [0.1, 0.15) is 12.7 Å². The zero-order chi connectivity index (χ0) is 14.5. The molecule has 3 rings (SSSR count). The summed E-state index contributed by atoms with van der Waals surface area (Å²) in [6, 6.07) is 4.28. The molecule has 0 unspecified atom stereocenters. The Bertz CT molecular complexity index is 553. The predicted octanol–water partition coefficient (Wildman–Crippen LogP) is 1.19. The largest absolute Gasteiger partial charge is 0.370 e. The lowest BCUT2D eigenvalue weighted by atomic mass is 10.3. The van der Waals surface area contributed by atoms with Crippen LogP contribution in [0.25, 0.3) is 0 Å². The van der Waals surface area contributed by atoms with E-state index in [-0.39, 0.29) is 0 Å². The van der Waals surface area contributed by atoms with Crippen molar-refractivity contribution < 1.29 is 0 Å². The average Bonchev–Trinajstić information content (AvgIpc) is 2.89. The van der Waals surface area contributed by atoms with E-state index in [0.29, 0.717) is 0 Å². The highest BCUT2D eigenvalue weighted by molar-refractivity contribution is 5.46. The molecule has 0 radical (unpaired) electrons. The van der Waals surface area contributed by atoms with E-state index >= 15 is 0 Å². The van der Waals surface area contributed by atoms with E-state index in [4.69, 9.17) is 0 Å². The van der Waals surface area contributed by atoms with Crippen LogP contribution in [0, 0.1) is 6.92 Å². The number of pyridine rings is 1. The molecule has 6 heteroatoms. The van der Waals surface area contributed by atoms with Crippen molar-refractivity contribution >= 4 is 5.69 Å². The molecule has 2 aromatic rings. The molecular formula is C15H22N6. The van der Waals surface area contributed by atoms with E-state index in [1.807, 2.05) is 17.8 Å². The van der Waals surface area contributed by atoms with E-state index in [9.17, 15) is 0 Å². The first-order valence-electron chi connectivity index (χ1n) is 7.53. The standard InChI is InChI=1S/C15H22N6/c1-14-11-15(3-4-17-14)20-6-2-5-19(7-9-20)8-10-21-13-16-12-18-21/h3-4,11-13H,2,5-10H2,1H3. The predicted molar refractivity (Wildman–Crippen MR) is 82.3 cm³/mol. The van der Waals surface area contributed by atoms with Crippen molar-refractivity contribution in [3.63, 3.8) is 0 Å². The van der Waals surface area contributed by atoms with Gasteiger partial charge in [0.2, 0.25) is 0 Å². The lowest BCUT2D eigenvalue weighted by molar-refractivity contribution is 0.276. The van der Waals surface area contributed by atoms with Crippen molar-refractivity contribution in [2.75, 3.05) is 37.6 Å². The summed E-state index contributed by atoms with van der Waals surface area (Å²) in [4.78, 5) is 13.2. The molecule has 0 saturated carbocycles. The van der Waals surface area contributed by atoms with E-state index in [2.05, 4.69) is 37.0 Å². The molecule has 21 heavy (non-hydrogen) atoms. The maximum atomic E-state index is 4.28. The summed E-state index contributed by atoms with van der Waals surface area (Å²) in [6.07, 6.45) is 6.47. The molecule has 0 atom stereocenters. The number of aromatic nitrogens is 4. The van der Waals surface area contributed by atoms with Crippen molar-refractivity contribution in [1.29, 1.82) is 0 Å². The van der Waals surface area contributed by atoms with Gasteiger partial charge in [0.15, 0.2) is 0 Å². The summed E-state index contributed by atoms with van der Waals surface area (Å²) in [7, 11) is 0. The van der Waals surface area contributed by atoms with Crippen LogP contribution in [-0.4, -0.2) is 57.4 Å². The molecule has 0 aliphatic carbocycles. The van der Waals surface area contributed by atoms with Crippen molar-refractivity contribution in [3.05, 3.63) is 36.7 Å². The smallest absolute Gasteiger partial charge is 0.137 e. The fourth-order valence-corrected chi connectivity index (χ4v) is 2.77. The molecule has 0 bridgehead atoms. The highest BCUT2D eigenvalue weighted by Crippen LogP contribution is 2.16. The van der Waals surface area contributed by atoms with Crippen LogP contribution in [0.2, 0.25) is 0 Å². The Hall–Kier alpha value is -1.95. The molecule has 1 fully saturated rings. The zero-order valence-electron chi connectivity index (χ0n) is 12.5. The Kier molecular flexibility index (Phi) is 4.45. The third-order valence-electron chi connectivity index (χ3n) is 3.95. The third-order valence-corrected chi connectivity index (χ3v) is 3.95. The van der Waals surface area contributed by atoms with Gasteiger partial charge in [0.05, 0.1) is 6.54 Å². The average molecular weight is 286 g/mol. The number of anilines is 1. The summed E-state index contributed by atoms with van der Waals surface area (Å²) in [5.74, 6) is 0. The van der Waals surface area contributed by atoms with Crippen molar-refractivity contribution in [1.82, 2.24) is 24.6 Å². The van der Waals surface area contributed by atoms with E-state index in [1.54, 1.807) is 12.7 Å². The molecule has 1 aliphatic heterocycles. The Balaban J connectivity index is 1.54. The molecule has 0 aromatic carbocycles. The minimum Gasteiger partial charge on any atom is -0.370 e. The molecule has 0 N–H and O–H groups in total. The molecule has 2 aromatic heterocycles. The van der Waals surface area contributed by atoms with Gasteiger partial charge in [0.25, 0.3) is 0 Å². The lowest BCUT2D eigenvalue weighted by Gasteiger charge is -2.23. The van der Waals surface area contributed by atoms with Crippen LogP contribution in [0.1, 0.15) is 12.1 Å². The summed E-state index contributed by atoms with van der Waals surface area (Å²) in [5.41, 5.74) is 2.38. The van der Waals surface area contributed by atoms with Crippen LogP contribution in [-0.2, 0) is 6.54 Å². The quantitative estimate of drug-likeness (QED) is 0.845. The van der Waals surface area contributed by atoms with E-state index in [0.717, 1.165) is 45.0 Å². The zero-order valence-corrected chi connectivity index (χ0v) is 12.5. The van der Waals surface area contributed by atoms with Gasteiger partial charge in [0, 0.05) is 43.8 Å². The Morgan fingerprint density at radius 2 is 2.10 bits per heavy atom. The minimum atomic E-state index is 0.911. The van der Waals surface area contributed by atoms with Crippen molar-refractivity contribution in [3.8, 4) is 0 Å². The first-order valence-corrected chi connectivity index (χ1v) is 7.53. The second kappa shape index (κ2) is 6.67. The van der Waals surface area contributed by atoms with Crippen LogP contribution >= 0.6 is 0 Å². The second-order valence-corrected chi connectivity index (χ2v) is 5.50. The molecule has 1 aliphatic rings. The number of aryl methyl sites for hydroxylation is 1. The van der Waals surface area contributed by atoms with Gasteiger partial charge in [-0.1, -0.05) is 0 Å². The Morgan fingerprint density at radius 3 is 2.90 bits per heavy atom. The fraction of sp³-hybridized carbons (Fsp3) is 0.533. The topological polar surface area (TPSA) is 50.1 Å². The fourth-order valence-electron chi connectivity index (χ4n) is 2.77. The minimum absolute atomic E-state index is 0.911. The van der Waals surface area contributed by atoms with Gasteiger partial charge in [-0.3, -0.25) is 14.6 Å². The van der Waals surface area contributed by atoms with E-state index in [1.165, 1.54) is 12.1 Å². The SMILES string of the molecule is Cc1cc(N2CCCN(CCn3cncn3)CC2)ccn1. The highest BCUT2D eigenvalue weighted by Gasteiger charge is 2.15. The third kappa shape index (κ3) is 3.78. The van der Waals surface area contributed by atoms with Crippen LogP contribution in [0.4, 0.5) is 5.69 Å². The summed E-state index contributed by atoms with van der Waals surface area (Å²) >= 11 is 0. The second-order valence-electron chi connectivity index (χ2n) is 5.50. The summed E-state index contributed by atoms with van der Waals surface area (Å²) in [5, 5.41) is 4.16. The first kappa shape index (κ1) is 14.0. The van der Waals surface area contributed by atoms with Crippen LogP contribution in [0.15, 0.2) is 31.0 Å². The molecule has 3 heterocycles. The molecule has 112 valence electrons. The van der Waals surface area contributed by atoms with Gasteiger partial charge >= 0.3 is 0 Å². The van der Waals surface area contributed by atoms with Gasteiger partial charge in [-0.25, -0.2) is 4.98 Å². The Morgan fingerprint density at radius 1 is 1.14 bits per heavy atom. The monoisotopic (exact) mass is 286 g/mol. The lowest BCUT2D eigenvalue weighted by Crippen LogP contribution is -2.32. The first-order chi connectivity index (χ1) is 10.3. The molecular weight excluding hydrogens is 264 g/mol. The molecule has 6 nitrogen and oxygen atoms in total. The summed E-state index contributed by atoms with van der Waals surface area (Å²) < 4.78 is 1.90. The molecule has 1 saturated heterocycles. The summed E-state index contributed by atoms with van der Waals surface area (Å²) in [6.45, 7) is 8.42. The number of rotatable bonds is 4. The normalized spacial score (nSPS) is 16.9. The number of hydrogen-bond donors (Lipinski definition) is 0. The molecule has 0 spiro atoms. The van der Waals surface area contributed by atoms with Crippen LogP contribution in [0.5, 0.6) is 0 Å². The van der Waals surface area contributed by atoms with Crippen LogP contribution < -0.4 is 4.90 Å². The van der Waals surface area contributed by atoms with E-state index < -0.39 is 0 Å². The highest BCUT2D eigenvalue weighted by atomic mass is 15.3. The number of nitrogens with zero attached hydrogens (tertiary/aromatic N) is 6. The van der Waals surface area contributed by atoms with Crippen LogP contribution in [0.3, 0.4) is 0 Å². The maximum Gasteiger partial charge on any atom is 0.137 e. The van der Waals surface area contributed by atoms with Gasteiger partial charge in [-0.05, 0) is 32.0 Å². The number of hydrogen-bond acceptors (Lipinski definition) is 5. The Labute approximate surface area is 125 Å². The van der Waals surface area contributed by atoms with Gasteiger partial charge in [-0.15, -0.1) is 0 Å². The molecule has 0 amide bonds. The van der Waals surface area contributed by atoms with Gasteiger partial charge < -0.3 is 4.90 Å². The van der Waals surface area contributed by atoms with Crippen molar-refractivity contribution in [2.24, 2.45) is 0 Å².